The van der Waals surface area contributed by atoms with Crippen LogP contribution in [0.15, 0.2) is 48.5 Å². The van der Waals surface area contributed by atoms with E-state index in [-0.39, 0.29) is 23.9 Å². The van der Waals surface area contributed by atoms with Gasteiger partial charge >= 0.3 is 0 Å². The Bertz CT molecular complexity index is 1150. The number of benzene rings is 2. The summed E-state index contributed by atoms with van der Waals surface area (Å²) in [5.41, 5.74) is 0.703. The molecule has 1 N–H and O–H groups in total. The second-order valence-corrected chi connectivity index (χ2v) is 11.5. The lowest BCUT2D eigenvalue weighted by Gasteiger charge is -2.33. The first-order valence-electron chi connectivity index (χ1n) is 11.6. The van der Waals surface area contributed by atoms with Crippen LogP contribution in [0.5, 0.6) is 11.5 Å². The number of ether oxygens (including phenoxy) is 2. The quantitative estimate of drug-likeness (QED) is 0.490. The third-order valence-electron chi connectivity index (χ3n) is 5.48. The van der Waals surface area contributed by atoms with Crippen LogP contribution in [-0.4, -0.2) is 70.3 Å². The number of hydrogen-bond acceptors (Lipinski definition) is 6. The van der Waals surface area contributed by atoms with Gasteiger partial charge < -0.3 is 19.7 Å². The van der Waals surface area contributed by atoms with Crippen LogP contribution in [0.3, 0.4) is 0 Å². The van der Waals surface area contributed by atoms with Crippen molar-refractivity contribution in [2.75, 3.05) is 37.9 Å². The largest absolute Gasteiger partial charge is 0.497 e. The van der Waals surface area contributed by atoms with E-state index in [4.69, 9.17) is 9.47 Å². The highest BCUT2D eigenvalue weighted by molar-refractivity contribution is 7.92. The van der Waals surface area contributed by atoms with Crippen LogP contribution in [0.4, 0.5) is 5.69 Å². The Morgan fingerprint density at radius 3 is 2.19 bits per heavy atom. The third kappa shape index (κ3) is 8.15. The van der Waals surface area contributed by atoms with E-state index in [9.17, 15) is 18.0 Å². The first-order valence-corrected chi connectivity index (χ1v) is 13.5. The fourth-order valence-corrected chi connectivity index (χ4v) is 4.48. The third-order valence-corrected chi connectivity index (χ3v) is 6.61. The molecule has 2 aromatic carbocycles. The molecule has 0 spiro atoms. The molecule has 2 rings (SSSR count). The zero-order valence-electron chi connectivity index (χ0n) is 22.1. The molecule has 0 aliphatic heterocycles. The van der Waals surface area contributed by atoms with E-state index >= 15 is 0 Å². The maximum absolute atomic E-state index is 13.6. The highest BCUT2D eigenvalue weighted by atomic mass is 32.2. The van der Waals surface area contributed by atoms with Crippen molar-refractivity contribution in [1.29, 1.82) is 0 Å². The lowest BCUT2D eigenvalue weighted by molar-refractivity contribution is -0.139. The van der Waals surface area contributed by atoms with Crippen molar-refractivity contribution in [2.45, 2.75) is 45.7 Å². The van der Waals surface area contributed by atoms with Gasteiger partial charge in [-0.25, -0.2) is 8.42 Å². The molecule has 0 fully saturated rings. The van der Waals surface area contributed by atoms with Crippen molar-refractivity contribution in [1.82, 2.24) is 10.2 Å². The fraction of sp³-hybridized carbons (Fsp3) is 0.462. The molecule has 9 nitrogen and oxygen atoms in total. The topological polar surface area (TPSA) is 105 Å². The van der Waals surface area contributed by atoms with Gasteiger partial charge in [0.1, 0.15) is 24.1 Å². The number of hydrogen-bond donors (Lipinski definition) is 1. The minimum Gasteiger partial charge on any atom is -0.497 e. The molecule has 0 heterocycles. The van der Waals surface area contributed by atoms with E-state index in [2.05, 4.69) is 5.32 Å². The molecule has 0 radical (unpaired) electrons. The van der Waals surface area contributed by atoms with Crippen LogP contribution in [0, 0.1) is 0 Å². The number of carbonyl (C=O) groups excluding carboxylic acids is 2. The number of nitrogens with zero attached hydrogens (tertiary/aromatic N) is 2. The van der Waals surface area contributed by atoms with Crippen molar-refractivity contribution in [3.05, 3.63) is 54.1 Å². The van der Waals surface area contributed by atoms with Crippen LogP contribution in [-0.2, 0) is 26.0 Å². The number of amides is 2. The van der Waals surface area contributed by atoms with Crippen molar-refractivity contribution in [3.63, 3.8) is 0 Å². The Balaban J connectivity index is 2.40. The van der Waals surface area contributed by atoms with Gasteiger partial charge in [0.05, 0.1) is 26.2 Å². The summed E-state index contributed by atoms with van der Waals surface area (Å²) in [5, 5.41) is 2.90. The monoisotopic (exact) mass is 519 g/mol. The molecule has 0 aliphatic carbocycles. The Morgan fingerprint density at radius 1 is 1.03 bits per heavy atom. The average molecular weight is 520 g/mol. The van der Waals surface area contributed by atoms with Crippen molar-refractivity contribution in [2.24, 2.45) is 0 Å². The number of methoxy groups -OCH3 is 2. The van der Waals surface area contributed by atoms with Gasteiger partial charge in [-0.05, 0) is 51.8 Å². The smallest absolute Gasteiger partial charge is 0.244 e. The van der Waals surface area contributed by atoms with Gasteiger partial charge in [0, 0.05) is 18.2 Å². The van der Waals surface area contributed by atoms with Gasteiger partial charge in [0.15, 0.2) is 0 Å². The summed E-state index contributed by atoms with van der Waals surface area (Å²) in [4.78, 5) is 28.0. The van der Waals surface area contributed by atoms with E-state index in [0.29, 0.717) is 12.2 Å². The number of anilines is 1. The maximum atomic E-state index is 13.6. The summed E-state index contributed by atoms with van der Waals surface area (Å²) < 4.78 is 37.1. The Morgan fingerprint density at radius 2 is 1.67 bits per heavy atom. The van der Waals surface area contributed by atoms with Gasteiger partial charge in [0.2, 0.25) is 21.8 Å². The summed E-state index contributed by atoms with van der Waals surface area (Å²) in [6.07, 6.45) is 1.53. The highest BCUT2D eigenvalue weighted by Gasteiger charge is 2.32. The van der Waals surface area contributed by atoms with E-state index in [1.807, 2.05) is 51.1 Å². The summed E-state index contributed by atoms with van der Waals surface area (Å²) in [5.74, 6) is -0.114. The van der Waals surface area contributed by atoms with Crippen LogP contribution < -0.4 is 19.1 Å². The molecule has 0 saturated heterocycles. The molecule has 198 valence electrons. The molecular formula is C26H37N3O6S. The minimum atomic E-state index is -3.88. The molecule has 1 atom stereocenters. The van der Waals surface area contributed by atoms with Crippen LogP contribution in [0.1, 0.15) is 33.3 Å². The number of rotatable bonds is 11. The molecule has 0 aliphatic rings. The predicted octanol–water partition coefficient (Wildman–Crippen LogP) is 2.84. The van der Waals surface area contributed by atoms with Gasteiger partial charge in [0.25, 0.3) is 0 Å². The Kier molecular flexibility index (Phi) is 9.75. The number of nitrogens with one attached hydrogen (secondary N) is 1. The molecule has 2 amide bonds. The summed E-state index contributed by atoms with van der Waals surface area (Å²) in [6, 6.07) is 13.4. The van der Waals surface area contributed by atoms with Crippen molar-refractivity contribution >= 4 is 27.5 Å². The lowest BCUT2D eigenvalue weighted by atomic mass is 10.1. The first kappa shape index (κ1) is 29.0. The molecule has 2 aromatic rings. The highest BCUT2D eigenvalue weighted by Crippen LogP contribution is 2.33. The van der Waals surface area contributed by atoms with E-state index in [0.717, 1.165) is 16.1 Å². The van der Waals surface area contributed by atoms with Gasteiger partial charge in [-0.3, -0.25) is 13.9 Å². The van der Waals surface area contributed by atoms with Crippen LogP contribution >= 0.6 is 0 Å². The van der Waals surface area contributed by atoms with E-state index in [1.165, 1.54) is 25.2 Å². The normalized spacial score (nSPS) is 12.4. The summed E-state index contributed by atoms with van der Waals surface area (Å²) in [7, 11) is -0.981. The minimum absolute atomic E-state index is 0.198. The van der Waals surface area contributed by atoms with Crippen LogP contribution in [0.25, 0.3) is 0 Å². The maximum Gasteiger partial charge on any atom is 0.244 e. The molecule has 0 saturated carbocycles. The molecule has 0 unspecified atom stereocenters. The Hall–Kier alpha value is -3.27. The van der Waals surface area contributed by atoms with Gasteiger partial charge in [-0.1, -0.05) is 30.3 Å². The zero-order chi connectivity index (χ0) is 27.1. The second kappa shape index (κ2) is 12.1. The number of carbonyl (C=O) groups is 2. The number of sulfonamides is 1. The summed E-state index contributed by atoms with van der Waals surface area (Å²) >= 11 is 0. The summed E-state index contributed by atoms with van der Waals surface area (Å²) in [6.45, 7) is 6.95. The standard InChI is InChI=1S/C26H37N3O6S/c1-19(25(31)27-26(2,3)4)28(16-15-20-11-9-8-10-12-20)24(30)18-29(36(7,32)33)22-14-13-21(34-5)17-23(22)35-6/h8-14,17,19H,15-16,18H2,1-7H3,(H,27,31)/t19-/m0/s1. The van der Waals surface area contributed by atoms with Gasteiger partial charge in [-0.2, -0.15) is 0 Å². The molecule has 10 heteroatoms. The zero-order valence-corrected chi connectivity index (χ0v) is 22.9. The first-order chi connectivity index (χ1) is 16.8. The molecule has 0 aromatic heterocycles. The van der Waals surface area contributed by atoms with Crippen LogP contribution in [0.2, 0.25) is 0 Å². The Labute approximate surface area is 214 Å². The second-order valence-electron chi connectivity index (χ2n) is 9.55. The van der Waals surface area contributed by atoms with Crippen molar-refractivity contribution in [3.8, 4) is 11.5 Å². The SMILES string of the molecule is COc1ccc(N(CC(=O)N(CCc2ccccc2)[C@@H](C)C(=O)NC(C)(C)C)S(C)(=O)=O)c(OC)c1. The molecule has 0 bridgehead atoms. The lowest BCUT2D eigenvalue weighted by Crippen LogP contribution is -2.55. The molecule has 36 heavy (non-hydrogen) atoms. The van der Waals surface area contributed by atoms with E-state index < -0.39 is 34.1 Å². The fourth-order valence-electron chi connectivity index (χ4n) is 3.63. The van der Waals surface area contributed by atoms with E-state index in [1.54, 1.807) is 19.1 Å². The van der Waals surface area contributed by atoms with Crippen molar-refractivity contribution < 1.29 is 27.5 Å². The predicted molar refractivity (Wildman–Crippen MR) is 141 cm³/mol. The average Bonchev–Trinajstić information content (AvgIpc) is 2.81. The van der Waals surface area contributed by atoms with Gasteiger partial charge in [-0.15, -0.1) is 0 Å². The molecular weight excluding hydrogens is 482 g/mol.